The van der Waals surface area contributed by atoms with Crippen LogP contribution in [0.2, 0.25) is 0 Å². The van der Waals surface area contributed by atoms with Gasteiger partial charge in [-0.05, 0) is 6.07 Å². The van der Waals surface area contributed by atoms with E-state index in [0.717, 1.165) is 13.3 Å². The zero-order valence-corrected chi connectivity index (χ0v) is 10.2. The van der Waals surface area contributed by atoms with Crippen molar-refractivity contribution < 1.29 is 17.9 Å². The molecule has 0 saturated heterocycles. The predicted octanol–water partition coefficient (Wildman–Crippen LogP) is 2.13. The average molecular weight is 272 g/mol. The summed E-state index contributed by atoms with van der Waals surface area (Å²) in [5, 5.41) is 7.88. The first kappa shape index (κ1) is 13.5. The van der Waals surface area contributed by atoms with E-state index in [4.69, 9.17) is 0 Å². The van der Waals surface area contributed by atoms with Crippen molar-refractivity contribution in [2.45, 2.75) is 12.3 Å². The van der Waals surface area contributed by atoms with Gasteiger partial charge in [-0.2, -0.15) is 28.2 Å². The number of hydrogen-bond donors (Lipinski definition) is 0. The number of aromatic nitrogens is 4. The van der Waals surface area contributed by atoms with Crippen molar-refractivity contribution in [1.82, 2.24) is 20.0 Å². The summed E-state index contributed by atoms with van der Waals surface area (Å²) < 4.78 is 42.4. The van der Waals surface area contributed by atoms with Gasteiger partial charge in [-0.25, -0.2) is 0 Å². The standard InChI is InChI=1S/C11H11F3N4O/c1-18-16-6-9(17-18)8-4-3-7(5-15-8)10(19-2)11(12,13)14/h3-6,10H,1-2H3. The van der Waals surface area contributed by atoms with Crippen LogP contribution >= 0.6 is 0 Å². The molecule has 0 N–H and O–H groups in total. The molecule has 0 aliphatic carbocycles. The fourth-order valence-corrected chi connectivity index (χ4v) is 1.63. The molecule has 1 unspecified atom stereocenters. The van der Waals surface area contributed by atoms with Gasteiger partial charge in [0.1, 0.15) is 5.69 Å². The number of ether oxygens (including phenoxy) is 1. The Balaban J connectivity index is 2.28. The van der Waals surface area contributed by atoms with Gasteiger partial charge in [-0.1, -0.05) is 6.07 Å². The number of rotatable bonds is 3. The van der Waals surface area contributed by atoms with Crippen LogP contribution < -0.4 is 0 Å². The molecule has 0 aliphatic heterocycles. The van der Waals surface area contributed by atoms with Gasteiger partial charge in [0.25, 0.3) is 0 Å². The van der Waals surface area contributed by atoms with Crippen molar-refractivity contribution in [1.29, 1.82) is 0 Å². The highest BCUT2D eigenvalue weighted by Crippen LogP contribution is 2.35. The third kappa shape index (κ3) is 2.90. The Morgan fingerprint density at radius 3 is 2.37 bits per heavy atom. The first-order valence-electron chi connectivity index (χ1n) is 5.34. The molecule has 19 heavy (non-hydrogen) atoms. The molecule has 0 aromatic carbocycles. The lowest BCUT2D eigenvalue weighted by molar-refractivity contribution is -0.216. The van der Waals surface area contributed by atoms with E-state index >= 15 is 0 Å². The van der Waals surface area contributed by atoms with E-state index in [0.29, 0.717) is 11.4 Å². The van der Waals surface area contributed by atoms with Crippen molar-refractivity contribution in [3.8, 4) is 11.4 Å². The summed E-state index contributed by atoms with van der Waals surface area (Å²) in [7, 11) is 2.65. The van der Waals surface area contributed by atoms with E-state index in [1.165, 1.54) is 23.1 Å². The minimum atomic E-state index is -4.47. The minimum Gasteiger partial charge on any atom is -0.367 e. The maximum atomic E-state index is 12.7. The zero-order chi connectivity index (χ0) is 14.0. The van der Waals surface area contributed by atoms with Crippen molar-refractivity contribution in [3.05, 3.63) is 30.1 Å². The van der Waals surface area contributed by atoms with Crippen LogP contribution in [0.25, 0.3) is 11.4 Å². The minimum absolute atomic E-state index is 0.0531. The maximum absolute atomic E-state index is 12.7. The van der Waals surface area contributed by atoms with Crippen LogP contribution in [0.5, 0.6) is 0 Å². The van der Waals surface area contributed by atoms with E-state index < -0.39 is 12.3 Å². The van der Waals surface area contributed by atoms with Gasteiger partial charge >= 0.3 is 6.18 Å². The Morgan fingerprint density at radius 2 is 1.95 bits per heavy atom. The monoisotopic (exact) mass is 272 g/mol. The Hall–Kier alpha value is -1.96. The number of pyridine rings is 1. The molecule has 2 rings (SSSR count). The molecule has 5 nitrogen and oxygen atoms in total. The topological polar surface area (TPSA) is 52.8 Å². The van der Waals surface area contributed by atoms with Crippen LogP contribution in [-0.2, 0) is 11.8 Å². The van der Waals surface area contributed by atoms with E-state index in [1.54, 1.807) is 7.05 Å². The quantitative estimate of drug-likeness (QED) is 0.858. The van der Waals surface area contributed by atoms with Gasteiger partial charge in [0.05, 0.1) is 11.9 Å². The molecule has 0 saturated carbocycles. The third-order valence-electron chi connectivity index (χ3n) is 2.48. The molecule has 0 fully saturated rings. The van der Waals surface area contributed by atoms with Crippen molar-refractivity contribution in [2.24, 2.45) is 7.05 Å². The lowest BCUT2D eigenvalue weighted by Gasteiger charge is -2.18. The number of nitrogens with zero attached hydrogens (tertiary/aromatic N) is 4. The molecular formula is C11H11F3N4O. The Bertz CT molecular complexity index is 550. The van der Waals surface area contributed by atoms with Gasteiger partial charge in [0.15, 0.2) is 6.10 Å². The number of hydrogen-bond acceptors (Lipinski definition) is 4. The highest BCUT2D eigenvalue weighted by Gasteiger charge is 2.41. The van der Waals surface area contributed by atoms with E-state index in [1.807, 2.05) is 0 Å². The molecule has 0 aliphatic rings. The van der Waals surface area contributed by atoms with Gasteiger partial charge in [0, 0.05) is 25.9 Å². The molecule has 8 heteroatoms. The van der Waals surface area contributed by atoms with Crippen molar-refractivity contribution >= 4 is 0 Å². The highest BCUT2D eigenvalue weighted by atomic mass is 19.4. The molecule has 102 valence electrons. The number of halogens is 3. The largest absolute Gasteiger partial charge is 0.418 e. The summed E-state index contributed by atoms with van der Waals surface area (Å²) in [6, 6.07) is 2.77. The van der Waals surface area contributed by atoms with E-state index in [9.17, 15) is 13.2 Å². The Labute approximate surface area is 107 Å². The van der Waals surface area contributed by atoms with Crippen LogP contribution in [-0.4, -0.2) is 33.3 Å². The molecule has 2 aromatic rings. The molecule has 0 bridgehead atoms. The second kappa shape index (κ2) is 4.96. The normalized spacial score (nSPS) is 13.5. The van der Waals surface area contributed by atoms with Crippen molar-refractivity contribution in [2.75, 3.05) is 7.11 Å². The number of methoxy groups -OCH3 is 1. The first-order valence-corrected chi connectivity index (χ1v) is 5.34. The second-order valence-electron chi connectivity index (χ2n) is 3.85. The summed E-state index contributed by atoms with van der Waals surface area (Å²) in [5.41, 5.74) is 0.895. The molecular weight excluding hydrogens is 261 g/mol. The Morgan fingerprint density at radius 1 is 1.21 bits per heavy atom. The zero-order valence-electron chi connectivity index (χ0n) is 10.2. The van der Waals surface area contributed by atoms with Gasteiger partial charge in [-0.15, -0.1) is 0 Å². The summed E-state index contributed by atoms with van der Waals surface area (Å²) in [6.45, 7) is 0. The second-order valence-corrected chi connectivity index (χ2v) is 3.85. The van der Waals surface area contributed by atoms with E-state index in [-0.39, 0.29) is 5.56 Å². The third-order valence-corrected chi connectivity index (χ3v) is 2.48. The van der Waals surface area contributed by atoms with Crippen LogP contribution in [0.4, 0.5) is 13.2 Å². The fourth-order valence-electron chi connectivity index (χ4n) is 1.63. The van der Waals surface area contributed by atoms with Crippen molar-refractivity contribution in [3.63, 3.8) is 0 Å². The maximum Gasteiger partial charge on any atom is 0.418 e. The lowest BCUT2D eigenvalue weighted by atomic mass is 10.1. The smallest absolute Gasteiger partial charge is 0.367 e. The van der Waals surface area contributed by atoms with Gasteiger partial charge in [-0.3, -0.25) is 4.98 Å². The summed E-state index contributed by atoms with van der Waals surface area (Å²) in [5.74, 6) is 0. The van der Waals surface area contributed by atoms with Crippen LogP contribution in [0, 0.1) is 0 Å². The fraction of sp³-hybridized carbons (Fsp3) is 0.364. The predicted molar refractivity (Wildman–Crippen MR) is 60.0 cm³/mol. The molecule has 0 radical (unpaired) electrons. The molecule has 0 spiro atoms. The average Bonchev–Trinajstić information content (AvgIpc) is 2.76. The summed E-state index contributed by atoms with van der Waals surface area (Å²) in [4.78, 5) is 5.29. The number of alkyl halides is 3. The lowest BCUT2D eigenvalue weighted by Crippen LogP contribution is -2.22. The van der Waals surface area contributed by atoms with Crippen LogP contribution in [0.15, 0.2) is 24.5 Å². The molecule has 2 aromatic heterocycles. The Kier molecular flexibility index (Phi) is 3.52. The van der Waals surface area contributed by atoms with Crippen LogP contribution in [0.3, 0.4) is 0 Å². The highest BCUT2D eigenvalue weighted by molar-refractivity contribution is 5.52. The SMILES string of the molecule is COC(c1ccc(-c2cnn(C)n2)nc1)C(F)(F)F. The van der Waals surface area contributed by atoms with Crippen LogP contribution in [0.1, 0.15) is 11.7 Å². The molecule has 2 heterocycles. The van der Waals surface area contributed by atoms with Gasteiger partial charge < -0.3 is 4.74 Å². The van der Waals surface area contributed by atoms with Gasteiger partial charge in [0.2, 0.25) is 0 Å². The summed E-state index contributed by atoms with van der Waals surface area (Å²) >= 11 is 0. The van der Waals surface area contributed by atoms with E-state index in [2.05, 4.69) is 19.9 Å². The number of aryl methyl sites for hydroxylation is 1. The molecule has 0 amide bonds. The first-order chi connectivity index (χ1) is 8.91. The molecule has 1 atom stereocenters. The summed E-state index contributed by atoms with van der Waals surface area (Å²) in [6.07, 6.45) is -3.83.